The van der Waals surface area contributed by atoms with E-state index in [0.717, 1.165) is 49.4 Å². The normalized spacial score (nSPS) is 13.2. The fourth-order valence-corrected chi connectivity index (χ4v) is 4.11. The fraction of sp³-hybridized carbons (Fsp3) is 0.400. The van der Waals surface area contributed by atoms with E-state index in [1.807, 2.05) is 19.9 Å². The number of nitrogens with zero attached hydrogens (tertiary/aromatic N) is 3. The fourth-order valence-electron chi connectivity index (χ4n) is 3.91. The number of aromatic nitrogens is 3. The molecule has 0 aliphatic carbocycles. The molecule has 8 heteroatoms. The summed E-state index contributed by atoms with van der Waals surface area (Å²) in [6, 6.07) is 10.6. The van der Waals surface area contributed by atoms with E-state index in [9.17, 15) is 4.79 Å². The van der Waals surface area contributed by atoms with Gasteiger partial charge in [-0.25, -0.2) is 0 Å². The number of carbonyl (C=O) groups excluding carboxylic acids is 1. The van der Waals surface area contributed by atoms with Crippen LogP contribution in [-0.2, 0) is 13.0 Å². The number of nitrogens with one attached hydrogen (secondary N) is 1. The van der Waals surface area contributed by atoms with E-state index >= 15 is 0 Å². The van der Waals surface area contributed by atoms with Crippen molar-refractivity contribution in [3.05, 3.63) is 52.8 Å². The lowest BCUT2D eigenvalue weighted by atomic mass is 10.1. The van der Waals surface area contributed by atoms with Crippen molar-refractivity contribution in [3.8, 4) is 22.9 Å². The van der Waals surface area contributed by atoms with Crippen LogP contribution in [0.15, 0.2) is 36.4 Å². The third kappa shape index (κ3) is 5.30. The standard InChI is InChI=1S/C25H29ClN4O3/c1-3-14-33-21-12-9-17(15-22(21)32-4-2)25(31)27-18-10-11-20(26)19(16-18)24-29-28-23-8-6-5-7-13-30(23)24/h9-12,15-16H,3-8,13-14H2,1-2H3,(H,27,31). The topological polar surface area (TPSA) is 78.3 Å². The first-order chi connectivity index (χ1) is 16.1. The largest absolute Gasteiger partial charge is 0.490 e. The average Bonchev–Trinajstić information content (AvgIpc) is 3.07. The predicted molar refractivity (Wildman–Crippen MR) is 129 cm³/mol. The van der Waals surface area contributed by atoms with Gasteiger partial charge in [0.15, 0.2) is 17.3 Å². The summed E-state index contributed by atoms with van der Waals surface area (Å²) in [5.41, 5.74) is 1.87. The van der Waals surface area contributed by atoms with Crippen molar-refractivity contribution >= 4 is 23.2 Å². The number of carbonyl (C=O) groups is 1. The lowest BCUT2D eigenvalue weighted by molar-refractivity contribution is 0.102. The number of hydrogen-bond donors (Lipinski definition) is 1. The summed E-state index contributed by atoms with van der Waals surface area (Å²) >= 11 is 6.51. The summed E-state index contributed by atoms with van der Waals surface area (Å²) in [6.45, 7) is 5.88. The highest BCUT2D eigenvalue weighted by atomic mass is 35.5. The molecular weight excluding hydrogens is 440 g/mol. The summed E-state index contributed by atoms with van der Waals surface area (Å²) in [7, 11) is 0. The zero-order valence-corrected chi connectivity index (χ0v) is 19.8. The monoisotopic (exact) mass is 468 g/mol. The van der Waals surface area contributed by atoms with Crippen LogP contribution in [0.3, 0.4) is 0 Å². The zero-order chi connectivity index (χ0) is 23.2. The lowest BCUT2D eigenvalue weighted by Crippen LogP contribution is -2.13. The Balaban J connectivity index is 1.57. The van der Waals surface area contributed by atoms with Crippen molar-refractivity contribution in [2.24, 2.45) is 0 Å². The third-order valence-electron chi connectivity index (χ3n) is 5.54. The van der Waals surface area contributed by atoms with Crippen LogP contribution in [0, 0.1) is 0 Å². The van der Waals surface area contributed by atoms with Gasteiger partial charge in [0.2, 0.25) is 0 Å². The highest BCUT2D eigenvalue weighted by molar-refractivity contribution is 6.33. The van der Waals surface area contributed by atoms with Crippen molar-refractivity contribution in [2.45, 2.75) is 52.5 Å². The summed E-state index contributed by atoms with van der Waals surface area (Å²) in [5.74, 6) is 2.68. The van der Waals surface area contributed by atoms with Gasteiger partial charge in [0.25, 0.3) is 5.91 Å². The first kappa shape index (κ1) is 23.1. The maximum Gasteiger partial charge on any atom is 0.255 e. The number of aryl methyl sites for hydroxylation is 1. The minimum absolute atomic E-state index is 0.244. The molecule has 0 spiro atoms. The molecule has 0 atom stereocenters. The van der Waals surface area contributed by atoms with Gasteiger partial charge in [-0.05, 0) is 62.6 Å². The van der Waals surface area contributed by atoms with Crippen LogP contribution < -0.4 is 14.8 Å². The van der Waals surface area contributed by atoms with Crippen LogP contribution in [0.1, 0.15) is 55.7 Å². The number of hydrogen-bond acceptors (Lipinski definition) is 5. The van der Waals surface area contributed by atoms with Gasteiger partial charge in [-0.15, -0.1) is 10.2 Å². The van der Waals surface area contributed by atoms with E-state index in [0.29, 0.717) is 41.0 Å². The number of halogens is 1. The van der Waals surface area contributed by atoms with E-state index < -0.39 is 0 Å². The van der Waals surface area contributed by atoms with Gasteiger partial charge in [0.05, 0.1) is 18.2 Å². The van der Waals surface area contributed by atoms with E-state index in [1.165, 1.54) is 6.42 Å². The molecule has 0 radical (unpaired) electrons. The Labute approximate surface area is 199 Å². The van der Waals surface area contributed by atoms with Gasteiger partial charge in [-0.3, -0.25) is 4.79 Å². The van der Waals surface area contributed by atoms with Gasteiger partial charge >= 0.3 is 0 Å². The minimum Gasteiger partial charge on any atom is -0.490 e. The summed E-state index contributed by atoms with van der Waals surface area (Å²) < 4.78 is 13.6. The molecule has 0 saturated heterocycles. The molecule has 0 unspecified atom stereocenters. The molecule has 1 aliphatic rings. The molecule has 7 nitrogen and oxygen atoms in total. The number of benzene rings is 2. The first-order valence-corrected chi connectivity index (χ1v) is 11.9. The molecule has 0 saturated carbocycles. The highest BCUT2D eigenvalue weighted by Crippen LogP contribution is 2.32. The lowest BCUT2D eigenvalue weighted by Gasteiger charge is -2.14. The molecule has 1 aromatic heterocycles. The van der Waals surface area contributed by atoms with E-state index in [4.69, 9.17) is 21.1 Å². The summed E-state index contributed by atoms with van der Waals surface area (Å²) in [4.78, 5) is 13.0. The first-order valence-electron chi connectivity index (χ1n) is 11.5. The minimum atomic E-state index is -0.244. The zero-order valence-electron chi connectivity index (χ0n) is 19.1. The third-order valence-corrected chi connectivity index (χ3v) is 5.87. The van der Waals surface area contributed by atoms with Crippen molar-refractivity contribution in [3.63, 3.8) is 0 Å². The van der Waals surface area contributed by atoms with Crippen LogP contribution in [-0.4, -0.2) is 33.9 Å². The molecule has 2 heterocycles. The molecule has 4 rings (SSSR count). The second kappa shape index (κ2) is 10.7. The van der Waals surface area contributed by atoms with Gasteiger partial charge in [-0.2, -0.15) is 0 Å². The van der Waals surface area contributed by atoms with Gasteiger partial charge in [-0.1, -0.05) is 24.9 Å². The Kier molecular flexibility index (Phi) is 7.50. The maximum absolute atomic E-state index is 13.0. The molecule has 1 amide bonds. The van der Waals surface area contributed by atoms with Crippen LogP contribution in [0.25, 0.3) is 11.4 Å². The second-order valence-corrected chi connectivity index (χ2v) is 8.40. The molecule has 2 aromatic carbocycles. The van der Waals surface area contributed by atoms with Crippen molar-refractivity contribution < 1.29 is 14.3 Å². The average molecular weight is 469 g/mol. The molecule has 1 aliphatic heterocycles. The Hall–Kier alpha value is -3.06. The van der Waals surface area contributed by atoms with Crippen LogP contribution in [0.4, 0.5) is 5.69 Å². The smallest absolute Gasteiger partial charge is 0.255 e. The molecule has 33 heavy (non-hydrogen) atoms. The number of amides is 1. The predicted octanol–water partition coefficient (Wildman–Crippen LogP) is 5.76. The van der Waals surface area contributed by atoms with Gasteiger partial charge < -0.3 is 19.4 Å². The second-order valence-electron chi connectivity index (χ2n) is 7.99. The summed E-state index contributed by atoms with van der Waals surface area (Å²) in [6.07, 6.45) is 5.20. The summed E-state index contributed by atoms with van der Waals surface area (Å²) in [5, 5.41) is 12.3. The molecular formula is C25H29ClN4O3. The van der Waals surface area contributed by atoms with E-state index in [2.05, 4.69) is 20.1 Å². The van der Waals surface area contributed by atoms with Crippen LogP contribution in [0.5, 0.6) is 11.5 Å². The van der Waals surface area contributed by atoms with Gasteiger partial charge in [0.1, 0.15) is 5.82 Å². The van der Waals surface area contributed by atoms with E-state index in [-0.39, 0.29) is 5.91 Å². The Morgan fingerprint density at radius 1 is 1.06 bits per heavy atom. The highest BCUT2D eigenvalue weighted by Gasteiger charge is 2.19. The molecule has 0 fully saturated rings. The van der Waals surface area contributed by atoms with Crippen LogP contribution in [0.2, 0.25) is 5.02 Å². The number of anilines is 1. The van der Waals surface area contributed by atoms with E-state index in [1.54, 1.807) is 30.3 Å². The van der Waals surface area contributed by atoms with Crippen molar-refractivity contribution in [2.75, 3.05) is 18.5 Å². The Bertz CT molecular complexity index is 1130. The molecule has 174 valence electrons. The SMILES string of the molecule is CCCOc1ccc(C(=O)Nc2ccc(Cl)c(-c3nnc4n3CCCCC4)c2)cc1OCC. The Morgan fingerprint density at radius 3 is 2.76 bits per heavy atom. The Morgan fingerprint density at radius 2 is 1.94 bits per heavy atom. The molecule has 1 N–H and O–H groups in total. The number of ether oxygens (including phenoxy) is 2. The maximum atomic E-state index is 13.0. The number of rotatable bonds is 8. The number of fused-ring (bicyclic) bond motifs is 1. The molecule has 0 bridgehead atoms. The van der Waals surface area contributed by atoms with Gasteiger partial charge in [0, 0.05) is 29.8 Å². The van der Waals surface area contributed by atoms with Crippen molar-refractivity contribution in [1.29, 1.82) is 0 Å². The molecule has 3 aromatic rings. The van der Waals surface area contributed by atoms with Crippen LogP contribution >= 0.6 is 11.6 Å². The quantitative estimate of drug-likeness (QED) is 0.454. The van der Waals surface area contributed by atoms with Crippen molar-refractivity contribution in [1.82, 2.24) is 14.8 Å².